The van der Waals surface area contributed by atoms with Crippen LogP contribution in [0.5, 0.6) is 0 Å². The lowest BCUT2D eigenvalue weighted by Gasteiger charge is -2.23. The van der Waals surface area contributed by atoms with Crippen molar-refractivity contribution in [3.8, 4) is 0 Å². The van der Waals surface area contributed by atoms with Crippen LogP contribution in [0, 0.1) is 6.92 Å². The molecule has 1 aromatic heterocycles. The van der Waals surface area contributed by atoms with Crippen molar-refractivity contribution in [3.05, 3.63) is 53.9 Å². The predicted molar refractivity (Wildman–Crippen MR) is 90.9 cm³/mol. The summed E-state index contributed by atoms with van der Waals surface area (Å²) < 4.78 is 0. The first-order valence-electron chi connectivity index (χ1n) is 7.73. The van der Waals surface area contributed by atoms with Gasteiger partial charge >= 0.3 is 0 Å². The van der Waals surface area contributed by atoms with E-state index < -0.39 is 0 Å². The van der Waals surface area contributed by atoms with Crippen LogP contribution in [0.4, 0.5) is 11.4 Å². The highest BCUT2D eigenvalue weighted by Crippen LogP contribution is 2.18. The summed E-state index contributed by atoms with van der Waals surface area (Å²) in [5.74, 6) is 0. The van der Waals surface area contributed by atoms with Crippen LogP contribution >= 0.6 is 0 Å². The molecule has 0 saturated carbocycles. The molecule has 0 fully saturated rings. The van der Waals surface area contributed by atoms with Gasteiger partial charge in [0.25, 0.3) is 0 Å². The molecule has 1 heterocycles. The molecule has 0 saturated heterocycles. The molecule has 2 aromatic rings. The van der Waals surface area contributed by atoms with E-state index in [0.29, 0.717) is 0 Å². The van der Waals surface area contributed by atoms with E-state index in [9.17, 15) is 0 Å². The Hall–Kier alpha value is -2.03. The van der Waals surface area contributed by atoms with E-state index in [0.717, 1.165) is 37.4 Å². The Bertz CT molecular complexity index is 549. The zero-order valence-corrected chi connectivity index (χ0v) is 13.3. The molecule has 1 aromatic carbocycles. The molecular formula is C18H25N3. The van der Waals surface area contributed by atoms with Crippen molar-refractivity contribution in [2.45, 2.75) is 33.7 Å². The molecule has 0 spiro atoms. The Morgan fingerprint density at radius 1 is 1.10 bits per heavy atom. The molecule has 0 atom stereocenters. The maximum Gasteiger partial charge on any atom is 0.0617 e. The van der Waals surface area contributed by atoms with Crippen LogP contribution in [0.3, 0.4) is 0 Å². The Kier molecular flexibility index (Phi) is 5.61. The molecule has 112 valence electrons. The van der Waals surface area contributed by atoms with Crippen molar-refractivity contribution < 1.29 is 0 Å². The number of nitrogens with zero attached hydrogens (tertiary/aromatic N) is 2. The van der Waals surface area contributed by atoms with Crippen molar-refractivity contribution in [2.75, 3.05) is 23.3 Å². The highest BCUT2D eigenvalue weighted by atomic mass is 15.1. The van der Waals surface area contributed by atoms with Gasteiger partial charge in [0.1, 0.15) is 0 Å². The molecule has 2 rings (SSSR count). The molecule has 3 nitrogen and oxygen atoms in total. The molecule has 0 unspecified atom stereocenters. The number of anilines is 2. The van der Waals surface area contributed by atoms with Crippen LogP contribution in [0.2, 0.25) is 0 Å². The van der Waals surface area contributed by atoms with Gasteiger partial charge in [0, 0.05) is 30.7 Å². The van der Waals surface area contributed by atoms with Gasteiger partial charge in [-0.2, -0.15) is 0 Å². The third kappa shape index (κ3) is 4.48. The fraction of sp³-hybridized carbons (Fsp3) is 0.389. The first-order valence-corrected chi connectivity index (χ1v) is 7.73. The van der Waals surface area contributed by atoms with Crippen molar-refractivity contribution in [3.63, 3.8) is 0 Å². The summed E-state index contributed by atoms with van der Waals surface area (Å²) in [5, 5.41) is 3.41. The van der Waals surface area contributed by atoms with Crippen LogP contribution in [-0.4, -0.2) is 18.1 Å². The smallest absolute Gasteiger partial charge is 0.0617 e. The summed E-state index contributed by atoms with van der Waals surface area (Å²) >= 11 is 0. The Labute approximate surface area is 128 Å². The van der Waals surface area contributed by atoms with Gasteiger partial charge in [-0.1, -0.05) is 24.6 Å². The molecule has 0 radical (unpaired) electrons. The van der Waals surface area contributed by atoms with Crippen LogP contribution < -0.4 is 10.2 Å². The van der Waals surface area contributed by atoms with Gasteiger partial charge in [0.05, 0.1) is 12.2 Å². The lowest BCUT2D eigenvalue weighted by Crippen LogP contribution is -2.22. The third-order valence-electron chi connectivity index (χ3n) is 3.53. The maximum absolute atomic E-state index is 4.50. The van der Waals surface area contributed by atoms with Gasteiger partial charge in [-0.3, -0.25) is 4.98 Å². The number of aromatic nitrogens is 1. The lowest BCUT2D eigenvalue weighted by molar-refractivity contribution is 0.809. The minimum Gasteiger partial charge on any atom is -0.385 e. The summed E-state index contributed by atoms with van der Waals surface area (Å²) in [6.07, 6.45) is 3.01. The number of hydrogen-bond donors (Lipinski definition) is 1. The van der Waals surface area contributed by atoms with E-state index in [1.165, 1.54) is 11.3 Å². The molecule has 1 N–H and O–H groups in total. The van der Waals surface area contributed by atoms with E-state index in [2.05, 4.69) is 66.3 Å². The van der Waals surface area contributed by atoms with Crippen LogP contribution in [0.1, 0.15) is 31.5 Å². The molecular weight excluding hydrogens is 258 g/mol. The fourth-order valence-corrected chi connectivity index (χ4v) is 2.28. The minimum atomic E-state index is 0.835. The predicted octanol–water partition coefficient (Wildman–Crippen LogP) is 4.24. The number of pyridine rings is 1. The van der Waals surface area contributed by atoms with Gasteiger partial charge in [-0.15, -0.1) is 0 Å². The highest BCUT2D eigenvalue weighted by Gasteiger charge is 2.06. The summed E-state index contributed by atoms with van der Waals surface area (Å²) in [4.78, 5) is 6.84. The Morgan fingerprint density at radius 3 is 2.52 bits per heavy atom. The summed E-state index contributed by atoms with van der Waals surface area (Å²) in [6, 6.07) is 12.8. The standard InChI is InChI=1S/C18H25N3/c1-4-11-19-16-10-12-20-17(13-16)14-21(5-2)18-8-6-15(3)7-9-18/h6-10,12-13H,4-5,11,14H2,1-3H3,(H,19,20). The van der Waals surface area contributed by atoms with Crippen molar-refractivity contribution in [1.82, 2.24) is 4.98 Å². The second-order valence-electron chi connectivity index (χ2n) is 5.31. The average molecular weight is 283 g/mol. The summed E-state index contributed by atoms with van der Waals surface area (Å²) in [7, 11) is 0. The number of benzene rings is 1. The monoisotopic (exact) mass is 283 g/mol. The van der Waals surface area contributed by atoms with Crippen molar-refractivity contribution in [1.29, 1.82) is 0 Å². The SMILES string of the molecule is CCCNc1ccnc(CN(CC)c2ccc(C)cc2)c1. The second-order valence-corrected chi connectivity index (χ2v) is 5.31. The summed E-state index contributed by atoms with van der Waals surface area (Å²) in [6.45, 7) is 9.27. The van der Waals surface area contributed by atoms with Gasteiger partial charge < -0.3 is 10.2 Å². The zero-order chi connectivity index (χ0) is 15.1. The van der Waals surface area contributed by atoms with Gasteiger partial charge in [0.15, 0.2) is 0 Å². The van der Waals surface area contributed by atoms with E-state index in [1.807, 2.05) is 12.3 Å². The van der Waals surface area contributed by atoms with Crippen molar-refractivity contribution >= 4 is 11.4 Å². The normalized spacial score (nSPS) is 10.4. The molecule has 3 heteroatoms. The quantitative estimate of drug-likeness (QED) is 0.824. The molecule has 0 aliphatic carbocycles. The number of nitrogens with one attached hydrogen (secondary N) is 1. The number of hydrogen-bond acceptors (Lipinski definition) is 3. The Balaban J connectivity index is 2.09. The average Bonchev–Trinajstić information content (AvgIpc) is 2.52. The summed E-state index contributed by atoms with van der Waals surface area (Å²) in [5.41, 5.74) is 4.79. The van der Waals surface area contributed by atoms with Gasteiger partial charge in [-0.05, 0) is 44.5 Å². The molecule has 0 aliphatic rings. The largest absolute Gasteiger partial charge is 0.385 e. The first-order chi connectivity index (χ1) is 10.2. The topological polar surface area (TPSA) is 28.2 Å². The second kappa shape index (κ2) is 7.67. The van der Waals surface area contributed by atoms with Crippen LogP contribution in [0.15, 0.2) is 42.6 Å². The molecule has 0 bridgehead atoms. The Morgan fingerprint density at radius 2 is 1.86 bits per heavy atom. The first kappa shape index (κ1) is 15.4. The maximum atomic E-state index is 4.50. The van der Waals surface area contributed by atoms with Gasteiger partial charge in [-0.25, -0.2) is 0 Å². The van der Waals surface area contributed by atoms with Crippen molar-refractivity contribution in [2.24, 2.45) is 0 Å². The van der Waals surface area contributed by atoms with E-state index in [4.69, 9.17) is 0 Å². The van der Waals surface area contributed by atoms with Gasteiger partial charge in [0.2, 0.25) is 0 Å². The third-order valence-corrected chi connectivity index (χ3v) is 3.53. The van der Waals surface area contributed by atoms with Crippen LogP contribution in [0.25, 0.3) is 0 Å². The molecule has 0 aliphatic heterocycles. The number of rotatable bonds is 7. The van der Waals surface area contributed by atoms with E-state index in [-0.39, 0.29) is 0 Å². The highest BCUT2D eigenvalue weighted by molar-refractivity contribution is 5.49. The zero-order valence-electron chi connectivity index (χ0n) is 13.3. The molecule has 0 amide bonds. The minimum absolute atomic E-state index is 0.835. The lowest BCUT2D eigenvalue weighted by atomic mass is 10.2. The van der Waals surface area contributed by atoms with Crippen LogP contribution in [-0.2, 0) is 6.54 Å². The molecule has 21 heavy (non-hydrogen) atoms. The van der Waals surface area contributed by atoms with E-state index in [1.54, 1.807) is 0 Å². The van der Waals surface area contributed by atoms with E-state index >= 15 is 0 Å². The number of aryl methyl sites for hydroxylation is 1. The fourth-order valence-electron chi connectivity index (χ4n) is 2.28.